The minimum atomic E-state index is -0.222. The van der Waals surface area contributed by atoms with Gasteiger partial charge >= 0.3 is 0 Å². The molecular weight excluding hydrogens is 332 g/mol. The molecule has 1 fully saturated rings. The molecule has 1 aromatic heterocycles. The van der Waals surface area contributed by atoms with Crippen molar-refractivity contribution < 1.29 is 8.78 Å². The third-order valence-electron chi connectivity index (χ3n) is 5.01. The van der Waals surface area contributed by atoms with Gasteiger partial charge in [-0.2, -0.15) is 0 Å². The number of piperazine rings is 1. The van der Waals surface area contributed by atoms with E-state index in [1.54, 1.807) is 12.3 Å². The van der Waals surface area contributed by atoms with Crippen LogP contribution in [0.15, 0.2) is 54.7 Å². The predicted octanol–water partition coefficient (Wildman–Crippen LogP) is 3.88. The van der Waals surface area contributed by atoms with Gasteiger partial charge in [0, 0.05) is 44.3 Å². The SMILES string of the molecule is Fc1ccc(CCN2CCN(c3nccc4cc(F)ccc34)CC2)cc1. The number of hydrogen-bond acceptors (Lipinski definition) is 3. The zero-order valence-corrected chi connectivity index (χ0v) is 14.5. The summed E-state index contributed by atoms with van der Waals surface area (Å²) in [6.07, 6.45) is 2.67. The monoisotopic (exact) mass is 353 g/mol. The summed E-state index contributed by atoms with van der Waals surface area (Å²) in [5.41, 5.74) is 1.16. The second kappa shape index (κ2) is 7.38. The molecule has 5 heteroatoms. The van der Waals surface area contributed by atoms with Crippen molar-refractivity contribution in [2.24, 2.45) is 0 Å². The van der Waals surface area contributed by atoms with E-state index in [1.165, 1.54) is 18.2 Å². The summed E-state index contributed by atoms with van der Waals surface area (Å²) >= 11 is 0. The van der Waals surface area contributed by atoms with Crippen LogP contribution in [0.2, 0.25) is 0 Å². The fraction of sp³-hybridized carbons (Fsp3) is 0.286. The molecular formula is C21H21F2N3. The van der Waals surface area contributed by atoms with E-state index in [1.807, 2.05) is 24.3 Å². The maximum absolute atomic E-state index is 13.4. The molecule has 0 atom stereocenters. The second-order valence-electron chi connectivity index (χ2n) is 6.71. The number of benzene rings is 2. The summed E-state index contributed by atoms with van der Waals surface area (Å²) in [5.74, 6) is 0.519. The Morgan fingerprint density at radius 2 is 1.58 bits per heavy atom. The Bertz CT molecular complexity index is 887. The Hall–Kier alpha value is -2.53. The molecule has 0 N–H and O–H groups in total. The van der Waals surface area contributed by atoms with Crippen molar-refractivity contribution in [2.45, 2.75) is 6.42 Å². The van der Waals surface area contributed by atoms with Crippen LogP contribution in [0, 0.1) is 11.6 Å². The molecule has 2 aromatic carbocycles. The van der Waals surface area contributed by atoms with E-state index in [9.17, 15) is 8.78 Å². The molecule has 0 saturated carbocycles. The number of hydrogen-bond donors (Lipinski definition) is 0. The second-order valence-corrected chi connectivity index (χ2v) is 6.71. The highest BCUT2D eigenvalue weighted by Crippen LogP contribution is 2.25. The highest BCUT2D eigenvalue weighted by atomic mass is 19.1. The van der Waals surface area contributed by atoms with E-state index in [0.29, 0.717) is 0 Å². The van der Waals surface area contributed by atoms with Crippen LogP contribution in [0.5, 0.6) is 0 Å². The Morgan fingerprint density at radius 1 is 0.846 bits per heavy atom. The molecule has 1 aliphatic rings. The van der Waals surface area contributed by atoms with E-state index in [0.717, 1.165) is 61.3 Å². The summed E-state index contributed by atoms with van der Waals surface area (Å²) in [6, 6.07) is 13.4. The van der Waals surface area contributed by atoms with Crippen LogP contribution in [-0.2, 0) is 6.42 Å². The zero-order chi connectivity index (χ0) is 17.9. The summed E-state index contributed by atoms with van der Waals surface area (Å²) in [5, 5.41) is 1.88. The molecule has 0 radical (unpaired) electrons. The zero-order valence-electron chi connectivity index (χ0n) is 14.5. The molecule has 0 spiro atoms. The van der Waals surface area contributed by atoms with Crippen molar-refractivity contribution in [3.8, 4) is 0 Å². The lowest BCUT2D eigenvalue weighted by molar-refractivity contribution is 0.260. The normalized spacial score (nSPS) is 15.5. The Kier molecular flexibility index (Phi) is 4.80. The molecule has 0 amide bonds. The first-order valence-corrected chi connectivity index (χ1v) is 8.95. The molecule has 0 aliphatic carbocycles. The van der Waals surface area contributed by atoms with Gasteiger partial charge in [-0.1, -0.05) is 12.1 Å². The number of halogens is 2. The maximum Gasteiger partial charge on any atom is 0.136 e. The number of fused-ring (bicyclic) bond motifs is 1. The van der Waals surface area contributed by atoms with Crippen molar-refractivity contribution in [1.82, 2.24) is 9.88 Å². The Balaban J connectivity index is 1.38. The van der Waals surface area contributed by atoms with Crippen LogP contribution in [0.1, 0.15) is 5.56 Å². The predicted molar refractivity (Wildman–Crippen MR) is 100 cm³/mol. The molecule has 1 aliphatic heterocycles. The molecule has 1 saturated heterocycles. The van der Waals surface area contributed by atoms with Gasteiger partial charge in [-0.05, 0) is 53.8 Å². The average molecular weight is 353 g/mol. The highest BCUT2D eigenvalue weighted by Gasteiger charge is 2.19. The van der Waals surface area contributed by atoms with Gasteiger partial charge in [0.25, 0.3) is 0 Å². The van der Waals surface area contributed by atoms with Gasteiger partial charge < -0.3 is 4.90 Å². The Morgan fingerprint density at radius 3 is 2.35 bits per heavy atom. The quantitative estimate of drug-likeness (QED) is 0.710. The highest BCUT2D eigenvalue weighted by molar-refractivity contribution is 5.92. The van der Waals surface area contributed by atoms with Gasteiger partial charge in [0.1, 0.15) is 17.5 Å². The minimum Gasteiger partial charge on any atom is -0.354 e. The van der Waals surface area contributed by atoms with Gasteiger partial charge in [-0.3, -0.25) is 4.90 Å². The topological polar surface area (TPSA) is 19.4 Å². The van der Waals surface area contributed by atoms with Crippen molar-refractivity contribution in [3.05, 3.63) is 71.9 Å². The molecule has 0 unspecified atom stereocenters. The van der Waals surface area contributed by atoms with Gasteiger partial charge in [-0.15, -0.1) is 0 Å². The first kappa shape index (κ1) is 16.9. The van der Waals surface area contributed by atoms with Crippen LogP contribution in [0.25, 0.3) is 10.8 Å². The Labute approximate surface area is 151 Å². The van der Waals surface area contributed by atoms with Crippen LogP contribution >= 0.6 is 0 Å². The third kappa shape index (κ3) is 3.68. The lowest BCUT2D eigenvalue weighted by Crippen LogP contribution is -2.47. The summed E-state index contributed by atoms with van der Waals surface area (Å²) in [4.78, 5) is 9.23. The fourth-order valence-electron chi connectivity index (χ4n) is 3.51. The third-order valence-corrected chi connectivity index (χ3v) is 5.01. The number of pyridine rings is 1. The smallest absolute Gasteiger partial charge is 0.136 e. The molecule has 0 bridgehead atoms. The summed E-state index contributed by atoms with van der Waals surface area (Å²) in [7, 11) is 0. The first-order chi connectivity index (χ1) is 12.7. The van der Waals surface area contributed by atoms with Crippen LogP contribution in [0.3, 0.4) is 0 Å². The molecule has 4 rings (SSSR count). The largest absolute Gasteiger partial charge is 0.354 e. The maximum atomic E-state index is 13.4. The van der Waals surface area contributed by atoms with E-state index in [-0.39, 0.29) is 11.6 Å². The number of anilines is 1. The van der Waals surface area contributed by atoms with Gasteiger partial charge in [-0.25, -0.2) is 13.8 Å². The standard InChI is InChI=1S/C21H21F2N3/c22-18-3-1-16(2-4-18)8-10-25-11-13-26(14-12-25)21-20-6-5-19(23)15-17(20)7-9-24-21/h1-7,9,15H,8,10-14H2. The van der Waals surface area contributed by atoms with Crippen molar-refractivity contribution in [3.63, 3.8) is 0 Å². The van der Waals surface area contributed by atoms with Crippen molar-refractivity contribution in [2.75, 3.05) is 37.6 Å². The summed E-state index contributed by atoms with van der Waals surface area (Å²) in [6.45, 7) is 4.67. The van der Waals surface area contributed by atoms with Crippen LogP contribution in [0.4, 0.5) is 14.6 Å². The average Bonchev–Trinajstić information content (AvgIpc) is 2.67. The van der Waals surface area contributed by atoms with E-state index in [2.05, 4.69) is 14.8 Å². The molecule has 26 heavy (non-hydrogen) atoms. The van der Waals surface area contributed by atoms with Gasteiger partial charge in [0.15, 0.2) is 0 Å². The van der Waals surface area contributed by atoms with E-state index >= 15 is 0 Å². The van der Waals surface area contributed by atoms with E-state index in [4.69, 9.17) is 0 Å². The lowest BCUT2D eigenvalue weighted by atomic mass is 10.1. The first-order valence-electron chi connectivity index (χ1n) is 8.95. The van der Waals surface area contributed by atoms with Gasteiger partial charge in [0.05, 0.1) is 0 Å². The van der Waals surface area contributed by atoms with Gasteiger partial charge in [0.2, 0.25) is 0 Å². The van der Waals surface area contributed by atoms with Crippen LogP contribution in [-0.4, -0.2) is 42.6 Å². The lowest BCUT2D eigenvalue weighted by Gasteiger charge is -2.35. The fourth-order valence-corrected chi connectivity index (χ4v) is 3.51. The number of nitrogens with zero attached hydrogens (tertiary/aromatic N) is 3. The number of rotatable bonds is 4. The molecule has 3 nitrogen and oxygen atoms in total. The van der Waals surface area contributed by atoms with Crippen LogP contribution < -0.4 is 4.90 Å². The summed E-state index contributed by atoms with van der Waals surface area (Å²) < 4.78 is 26.4. The molecule has 2 heterocycles. The minimum absolute atomic E-state index is 0.190. The molecule has 3 aromatic rings. The van der Waals surface area contributed by atoms with E-state index < -0.39 is 0 Å². The molecule has 134 valence electrons. The van der Waals surface area contributed by atoms with Crippen molar-refractivity contribution in [1.29, 1.82) is 0 Å². The number of aromatic nitrogens is 1. The van der Waals surface area contributed by atoms with Crippen molar-refractivity contribution >= 4 is 16.6 Å².